The van der Waals surface area contributed by atoms with Gasteiger partial charge in [-0.3, -0.25) is 9.59 Å². The van der Waals surface area contributed by atoms with E-state index in [2.05, 4.69) is 10.6 Å². The Hall–Kier alpha value is -2.12. The standard InChI is InChI=1S/C18H27N3O4.ClH/c1-12(2)9-15(18(24)25-3)21-17(23)14(20-16(22)11-19)10-13-7-5-4-6-8-13;/h4-8,12,14-15H,9-11,19H2,1-3H3,(H,20,22)(H,21,23);1H/t14-,15-;/m0./s1. The Balaban J connectivity index is 0.00000625. The lowest BCUT2D eigenvalue weighted by Gasteiger charge is -2.23. The van der Waals surface area contributed by atoms with E-state index in [1.165, 1.54) is 7.11 Å². The zero-order valence-electron chi connectivity index (χ0n) is 15.4. The number of ether oxygens (including phenoxy) is 1. The van der Waals surface area contributed by atoms with Crippen molar-refractivity contribution < 1.29 is 19.1 Å². The summed E-state index contributed by atoms with van der Waals surface area (Å²) in [6.45, 7) is 3.67. The summed E-state index contributed by atoms with van der Waals surface area (Å²) in [7, 11) is 1.28. The van der Waals surface area contributed by atoms with E-state index >= 15 is 0 Å². The third-order valence-corrected chi connectivity index (χ3v) is 3.63. The number of benzene rings is 1. The number of nitrogens with one attached hydrogen (secondary N) is 2. The Morgan fingerprint density at radius 2 is 1.69 bits per heavy atom. The van der Waals surface area contributed by atoms with E-state index in [9.17, 15) is 14.4 Å². The lowest BCUT2D eigenvalue weighted by Crippen LogP contribution is -2.53. The molecule has 1 rings (SSSR count). The van der Waals surface area contributed by atoms with E-state index in [4.69, 9.17) is 10.5 Å². The van der Waals surface area contributed by atoms with E-state index in [-0.39, 0.29) is 24.9 Å². The number of carbonyl (C=O) groups is 3. The highest BCUT2D eigenvalue weighted by molar-refractivity contribution is 5.91. The van der Waals surface area contributed by atoms with Gasteiger partial charge in [-0.25, -0.2) is 4.79 Å². The highest BCUT2D eigenvalue weighted by atomic mass is 35.5. The first-order chi connectivity index (χ1) is 11.9. The molecule has 1 aromatic carbocycles. The lowest BCUT2D eigenvalue weighted by atomic mass is 10.0. The van der Waals surface area contributed by atoms with E-state index in [0.29, 0.717) is 12.8 Å². The summed E-state index contributed by atoms with van der Waals surface area (Å²) < 4.78 is 4.75. The SMILES string of the molecule is COC(=O)[C@H](CC(C)C)NC(=O)[C@H](Cc1ccccc1)NC(=O)CN.Cl. The average Bonchev–Trinajstić information content (AvgIpc) is 2.60. The fourth-order valence-electron chi connectivity index (χ4n) is 2.41. The fraction of sp³-hybridized carbons (Fsp3) is 0.500. The number of esters is 1. The molecule has 1 aromatic rings. The maximum Gasteiger partial charge on any atom is 0.328 e. The maximum atomic E-state index is 12.6. The van der Waals surface area contributed by atoms with Gasteiger partial charge in [-0.1, -0.05) is 44.2 Å². The van der Waals surface area contributed by atoms with Crippen molar-refractivity contribution in [1.82, 2.24) is 10.6 Å². The van der Waals surface area contributed by atoms with Crippen LogP contribution in [0.25, 0.3) is 0 Å². The summed E-state index contributed by atoms with van der Waals surface area (Å²) in [6, 6.07) is 7.72. The molecule has 0 spiro atoms. The zero-order chi connectivity index (χ0) is 18.8. The van der Waals surface area contributed by atoms with Gasteiger partial charge < -0.3 is 21.1 Å². The van der Waals surface area contributed by atoms with Crippen LogP contribution < -0.4 is 16.4 Å². The monoisotopic (exact) mass is 385 g/mol. The Labute approximate surface area is 160 Å². The van der Waals surface area contributed by atoms with Gasteiger partial charge >= 0.3 is 5.97 Å². The molecule has 4 N–H and O–H groups in total. The average molecular weight is 386 g/mol. The fourth-order valence-corrected chi connectivity index (χ4v) is 2.41. The molecule has 0 unspecified atom stereocenters. The number of halogens is 1. The minimum absolute atomic E-state index is 0. The van der Waals surface area contributed by atoms with Crippen LogP contribution >= 0.6 is 12.4 Å². The van der Waals surface area contributed by atoms with Crippen LogP contribution in [0.2, 0.25) is 0 Å². The van der Waals surface area contributed by atoms with Gasteiger partial charge in [-0.15, -0.1) is 12.4 Å². The lowest BCUT2D eigenvalue weighted by molar-refractivity contribution is -0.145. The van der Waals surface area contributed by atoms with Crippen LogP contribution in [0.1, 0.15) is 25.8 Å². The molecule has 0 aromatic heterocycles. The van der Waals surface area contributed by atoms with Crippen LogP contribution in [0.3, 0.4) is 0 Å². The Morgan fingerprint density at radius 3 is 2.19 bits per heavy atom. The van der Waals surface area contributed by atoms with E-state index in [1.54, 1.807) is 0 Å². The quantitative estimate of drug-likeness (QED) is 0.544. The summed E-state index contributed by atoms with van der Waals surface area (Å²) in [4.78, 5) is 36.2. The number of carbonyl (C=O) groups excluding carboxylic acids is 3. The zero-order valence-corrected chi connectivity index (χ0v) is 16.2. The number of nitrogens with two attached hydrogens (primary N) is 1. The molecule has 0 aliphatic rings. The van der Waals surface area contributed by atoms with Gasteiger partial charge in [0.15, 0.2) is 0 Å². The normalized spacial score (nSPS) is 12.5. The second-order valence-corrected chi connectivity index (χ2v) is 6.23. The van der Waals surface area contributed by atoms with Crippen molar-refractivity contribution in [1.29, 1.82) is 0 Å². The second-order valence-electron chi connectivity index (χ2n) is 6.23. The van der Waals surface area contributed by atoms with E-state index < -0.39 is 29.9 Å². The molecule has 26 heavy (non-hydrogen) atoms. The van der Waals surface area contributed by atoms with Gasteiger partial charge in [0.05, 0.1) is 13.7 Å². The van der Waals surface area contributed by atoms with Crippen molar-refractivity contribution in [3.8, 4) is 0 Å². The van der Waals surface area contributed by atoms with Gasteiger partial charge in [0.2, 0.25) is 11.8 Å². The highest BCUT2D eigenvalue weighted by Gasteiger charge is 2.27. The molecule has 0 radical (unpaired) electrons. The molecule has 146 valence electrons. The molecule has 0 saturated heterocycles. The summed E-state index contributed by atoms with van der Waals surface area (Å²) in [5.74, 6) is -1.20. The van der Waals surface area contributed by atoms with Crippen molar-refractivity contribution in [2.75, 3.05) is 13.7 Å². The van der Waals surface area contributed by atoms with E-state index in [0.717, 1.165) is 5.56 Å². The molecule has 0 bridgehead atoms. The second kappa shape index (κ2) is 12.3. The molecule has 0 aliphatic heterocycles. The molecule has 8 heteroatoms. The topological polar surface area (TPSA) is 111 Å². The van der Waals surface area contributed by atoms with Crippen LogP contribution in [-0.4, -0.2) is 43.5 Å². The van der Waals surface area contributed by atoms with Gasteiger partial charge in [0.25, 0.3) is 0 Å². The van der Waals surface area contributed by atoms with E-state index in [1.807, 2.05) is 44.2 Å². The summed E-state index contributed by atoms with van der Waals surface area (Å²) in [6.07, 6.45) is 0.745. The summed E-state index contributed by atoms with van der Waals surface area (Å²) in [5, 5.41) is 5.28. The number of hydrogen-bond acceptors (Lipinski definition) is 5. The van der Waals surface area contributed by atoms with Crippen LogP contribution in [0.5, 0.6) is 0 Å². The molecule has 0 fully saturated rings. The van der Waals surface area contributed by atoms with Gasteiger partial charge in [0, 0.05) is 6.42 Å². The third kappa shape index (κ3) is 8.31. The molecule has 0 aliphatic carbocycles. The Morgan fingerprint density at radius 1 is 1.08 bits per heavy atom. The number of amides is 2. The predicted octanol–water partition coefficient (Wildman–Crippen LogP) is 0.798. The van der Waals surface area contributed by atoms with Crippen molar-refractivity contribution in [2.45, 2.75) is 38.8 Å². The first-order valence-electron chi connectivity index (χ1n) is 8.28. The van der Waals surface area contributed by atoms with Gasteiger partial charge in [0.1, 0.15) is 12.1 Å². The summed E-state index contributed by atoms with van der Waals surface area (Å²) >= 11 is 0. The Bertz CT molecular complexity index is 581. The smallest absolute Gasteiger partial charge is 0.328 e. The van der Waals surface area contributed by atoms with Crippen molar-refractivity contribution in [2.24, 2.45) is 11.7 Å². The predicted molar refractivity (Wildman–Crippen MR) is 102 cm³/mol. The minimum Gasteiger partial charge on any atom is -0.467 e. The summed E-state index contributed by atoms with van der Waals surface area (Å²) in [5.41, 5.74) is 6.22. The molecular formula is C18H28ClN3O4. The molecular weight excluding hydrogens is 358 g/mol. The maximum absolute atomic E-state index is 12.6. The molecule has 0 heterocycles. The molecule has 2 amide bonds. The van der Waals surface area contributed by atoms with Crippen LogP contribution in [0, 0.1) is 5.92 Å². The Kier molecular flexibility index (Phi) is 11.3. The first kappa shape index (κ1) is 23.9. The van der Waals surface area contributed by atoms with Gasteiger partial charge in [-0.05, 0) is 17.9 Å². The first-order valence-corrected chi connectivity index (χ1v) is 8.28. The molecule has 0 saturated carbocycles. The molecule has 2 atom stereocenters. The largest absolute Gasteiger partial charge is 0.467 e. The van der Waals surface area contributed by atoms with Crippen LogP contribution in [-0.2, 0) is 25.5 Å². The van der Waals surface area contributed by atoms with Crippen LogP contribution in [0.4, 0.5) is 0 Å². The van der Waals surface area contributed by atoms with Crippen molar-refractivity contribution >= 4 is 30.2 Å². The molecule has 7 nitrogen and oxygen atoms in total. The van der Waals surface area contributed by atoms with Crippen LogP contribution in [0.15, 0.2) is 30.3 Å². The number of methoxy groups -OCH3 is 1. The third-order valence-electron chi connectivity index (χ3n) is 3.63. The minimum atomic E-state index is -0.822. The number of hydrogen-bond donors (Lipinski definition) is 3. The van der Waals surface area contributed by atoms with Crippen molar-refractivity contribution in [3.63, 3.8) is 0 Å². The highest BCUT2D eigenvalue weighted by Crippen LogP contribution is 2.08. The van der Waals surface area contributed by atoms with Gasteiger partial charge in [-0.2, -0.15) is 0 Å². The van der Waals surface area contributed by atoms with Crippen molar-refractivity contribution in [3.05, 3.63) is 35.9 Å². The number of rotatable bonds is 9.